The van der Waals surface area contributed by atoms with Crippen LogP contribution in [0.1, 0.15) is 13.3 Å². The van der Waals surface area contributed by atoms with Crippen LogP contribution in [0.4, 0.5) is 10.1 Å². The van der Waals surface area contributed by atoms with E-state index in [1.54, 1.807) is 13.0 Å². The summed E-state index contributed by atoms with van der Waals surface area (Å²) in [5, 5.41) is 2.26. The first-order valence-electron chi connectivity index (χ1n) is 5.66. The summed E-state index contributed by atoms with van der Waals surface area (Å²) in [6.45, 7) is 2.21. The van der Waals surface area contributed by atoms with Gasteiger partial charge in [-0.2, -0.15) is 0 Å². The monoisotopic (exact) mass is 272 g/mol. The number of nitrogens with two attached hydrogens (primary N) is 1. The van der Waals surface area contributed by atoms with Crippen LogP contribution in [0.5, 0.6) is 0 Å². The fraction of sp³-hybridized carbons (Fsp3) is 0.417. The molecule has 0 radical (unpaired) electrons. The molecule has 0 spiro atoms. The largest absolute Gasteiger partial charge is 0.330 e. The summed E-state index contributed by atoms with van der Waals surface area (Å²) < 4.78 is 25.0. The van der Waals surface area contributed by atoms with Crippen LogP contribution in [0.2, 0.25) is 0 Å². The maximum Gasteiger partial charge on any atom is 0.237 e. The van der Waals surface area contributed by atoms with Gasteiger partial charge in [-0.3, -0.25) is 9.00 Å². The number of halogens is 1. The molecular weight excluding hydrogens is 255 g/mol. The van der Waals surface area contributed by atoms with Crippen LogP contribution in [0.15, 0.2) is 24.3 Å². The van der Waals surface area contributed by atoms with Gasteiger partial charge in [-0.15, -0.1) is 0 Å². The van der Waals surface area contributed by atoms with Crippen molar-refractivity contribution >= 4 is 22.4 Å². The van der Waals surface area contributed by atoms with Crippen molar-refractivity contribution < 1.29 is 13.4 Å². The Morgan fingerprint density at radius 1 is 1.50 bits per heavy atom. The van der Waals surface area contributed by atoms with Crippen LogP contribution >= 0.6 is 0 Å². The first-order chi connectivity index (χ1) is 8.54. The molecule has 0 heterocycles. The molecular formula is C12H17FN2O2S. The summed E-state index contributed by atoms with van der Waals surface area (Å²) in [6.07, 6.45) is 0.597. The Hall–Kier alpha value is -1.27. The van der Waals surface area contributed by atoms with Crippen molar-refractivity contribution in [2.75, 3.05) is 17.6 Å². The van der Waals surface area contributed by atoms with E-state index in [9.17, 15) is 13.4 Å². The predicted octanol–water partition coefficient (Wildman–Crippen LogP) is 1.25. The van der Waals surface area contributed by atoms with Gasteiger partial charge in [-0.25, -0.2) is 4.39 Å². The second-order valence-electron chi connectivity index (χ2n) is 3.94. The van der Waals surface area contributed by atoms with Crippen LogP contribution < -0.4 is 11.1 Å². The maximum atomic E-state index is 13.3. The Labute approximate surface area is 108 Å². The Morgan fingerprint density at radius 3 is 2.78 bits per heavy atom. The third-order valence-corrected chi connectivity index (χ3v) is 4.12. The molecule has 0 saturated carbocycles. The van der Waals surface area contributed by atoms with Gasteiger partial charge in [0, 0.05) is 16.0 Å². The van der Waals surface area contributed by atoms with E-state index in [2.05, 4.69) is 5.32 Å². The van der Waals surface area contributed by atoms with E-state index in [0.717, 1.165) is 0 Å². The molecule has 1 rings (SSSR count). The van der Waals surface area contributed by atoms with E-state index in [-0.39, 0.29) is 16.7 Å². The predicted molar refractivity (Wildman–Crippen MR) is 71.2 cm³/mol. The summed E-state index contributed by atoms with van der Waals surface area (Å²) >= 11 is 0. The molecule has 1 aromatic rings. The van der Waals surface area contributed by atoms with E-state index in [0.29, 0.717) is 13.0 Å². The van der Waals surface area contributed by atoms with Gasteiger partial charge in [0.15, 0.2) is 0 Å². The summed E-state index contributed by atoms with van der Waals surface area (Å²) in [6, 6.07) is 5.86. The van der Waals surface area contributed by atoms with Crippen molar-refractivity contribution in [1.82, 2.24) is 0 Å². The maximum absolute atomic E-state index is 13.3. The number of nitrogens with one attached hydrogen (secondary N) is 1. The molecule has 0 fully saturated rings. The van der Waals surface area contributed by atoms with Gasteiger partial charge in [-0.05, 0) is 25.1 Å². The molecule has 3 N–H and O–H groups in total. The molecule has 6 heteroatoms. The summed E-state index contributed by atoms with van der Waals surface area (Å²) in [7, 11) is -1.29. The van der Waals surface area contributed by atoms with Gasteiger partial charge < -0.3 is 11.1 Å². The highest BCUT2D eigenvalue weighted by Crippen LogP contribution is 2.12. The quantitative estimate of drug-likeness (QED) is 0.818. The summed E-state index contributed by atoms with van der Waals surface area (Å²) in [4.78, 5) is 11.6. The molecule has 1 aromatic carbocycles. The van der Waals surface area contributed by atoms with E-state index < -0.39 is 22.5 Å². The highest BCUT2D eigenvalue weighted by atomic mass is 32.2. The Kier molecular flexibility index (Phi) is 5.94. The summed E-state index contributed by atoms with van der Waals surface area (Å²) in [5.41, 5.74) is 5.46. The fourth-order valence-corrected chi connectivity index (χ4v) is 2.40. The van der Waals surface area contributed by atoms with Crippen molar-refractivity contribution in [2.45, 2.75) is 18.6 Å². The van der Waals surface area contributed by atoms with Gasteiger partial charge in [-0.1, -0.05) is 19.1 Å². The standard InChI is InChI=1S/C12H17FN2O2S/c1-9(6-7-14)18(17)8-12(16)15-11-5-3-2-4-10(11)13/h2-5,9H,6-8,14H2,1H3,(H,15,16). The van der Waals surface area contributed by atoms with Gasteiger partial charge in [0.05, 0.1) is 5.69 Å². The number of carbonyl (C=O) groups is 1. The molecule has 0 bridgehead atoms. The van der Waals surface area contributed by atoms with Crippen molar-refractivity contribution in [1.29, 1.82) is 0 Å². The minimum Gasteiger partial charge on any atom is -0.330 e. The zero-order valence-corrected chi connectivity index (χ0v) is 11.0. The number of hydrogen-bond acceptors (Lipinski definition) is 3. The number of carbonyl (C=O) groups excluding carboxylic acids is 1. The number of benzene rings is 1. The average molecular weight is 272 g/mol. The number of anilines is 1. The normalized spacial score (nSPS) is 13.9. The smallest absolute Gasteiger partial charge is 0.237 e. The van der Waals surface area contributed by atoms with Gasteiger partial charge in [0.25, 0.3) is 0 Å². The third-order valence-electron chi connectivity index (χ3n) is 2.44. The lowest BCUT2D eigenvalue weighted by atomic mass is 10.3. The minimum atomic E-state index is -1.29. The van der Waals surface area contributed by atoms with E-state index >= 15 is 0 Å². The first-order valence-corrected chi connectivity index (χ1v) is 7.04. The second-order valence-corrected chi connectivity index (χ2v) is 5.80. The molecule has 4 nitrogen and oxygen atoms in total. The first kappa shape index (κ1) is 14.8. The molecule has 0 aliphatic carbocycles. The third kappa shape index (κ3) is 4.54. The van der Waals surface area contributed by atoms with E-state index in [1.165, 1.54) is 18.2 Å². The number of rotatable bonds is 6. The van der Waals surface area contributed by atoms with Crippen molar-refractivity contribution in [3.8, 4) is 0 Å². The molecule has 2 atom stereocenters. The van der Waals surface area contributed by atoms with E-state index in [1.807, 2.05) is 0 Å². The van der Waals surface area contributed by atoms with Crippen molar-refractivity contribution in [3.05, 3.63) is 30.1 Å². The summed E-state index contributed by atoms with van der Waals surface area (Å²) in [5.74, 6) is -1.11. The highest BCUT2D eigenvalue weighted by molar-refractivity contribution is 7.86. The average Bonchev–Trinajstić information content (AvgIpc) is 2.32. The molecule has 100 valence electrons. The second kappa shape index (κ2) is 7.23. The zero-order valence-electron chi connectivity index (χ0n) is 10.2. The van der Waals surface area contributed by atoms with Crippen LogP contribution in [0.25, 0.3) is 0 Å². The van der Waals surface area contributed by atoms with Crippen molar-refractivity contribution in [3.63, 3.8) is 0 Å². The lowest BCUT2D eigenvalue weighted by molar-refractivity contribution is -0.113. The highest BCUT2D eigenvalue weighted by Gasteiger charge is 2.15. The van der Waals surface area contributed by atoms with Crippen molar-refractivity contribution in [2.24, 2.45) is 5.73 Å². The fourth-order valence-electron chi connectivity index (χ4n) is 1.39. The lowest BCUT2D eigenvalue weighted by Gasteiger charge is -2.10. The van der Waals surface area contributed by atoms with Crippen LogP contribution in [0, 0.1) is 5.82 Å². The van der Waals surface area contributed by atoms with Gasteiger partial charge >= 0.3 is 0 Å². The number of para-hydroxylation sites is 1. The number of hydrogen-bond donors (Lipinski definition) is 2. The minimum absolute atomic E-state index is 0.103. The SMILES string of the molecule is CC(CCN)S(=O)CC(=O)Nc1ccccc1F. The Balaban J connectivity index is 2.52. The lowest BCUT2D eigenvalue weighted by Crippen LogP contribution is -2.26. The van der Waals surface area contributed by atoms with Crippen LogP contribution in [0.3, 0.4) is 0 Å². The van der Waals surface area contributed by atoms with Crippen LogP contribution in [-0.2, 0) is 15.6 Å². The molecule has 1 amide bonds. The zero-order chi connectivity index (χ0) is 13.5. The molecule has 0 aliphatic rings. The molecule has 18 heavy (non-hydrogen) atoms. The van der Waals surface area contributed by atoms with Gasteiger partial charge in [0.1, 0.15) is 11.6 Å². The van der Waals surface area contributed by atoms with Gasteiger partial charge in [0.2, 0.25) is 5.91 Å². The topological polar surface area (TPSA) is 72.2 Å². The Bertz CT molecular complexity index is 440. The number of amides is 1. The molecule has 0 aromatic heterocycles. The molecule has 0 saturated heterocycles. The Morgan fingerprint density at radius 2 is 2.17 bits per heavy atom. The molecule has 2 unspecified atom stereocenters. The van der Waals surface area contributed by atoms with E-state index in [4.69, 9.17) is 5.73 Å². The molecule has 0 aliphatic heterocycles. The van der Waals surface area contributed by atoms with Crippen LogP contribution in [-0.4, -0.2) is 27.7 Å².